The molecule has 1 heterocycles. The van der Waals surface area contributed by atoms with Gasteiger partial charge in [0.2, 0.25) is 5.91 Å². The van der Waals surface area contributed by atoms with E-state index in [2.05, 4.69) is 27.0 Å². The number of anilines is 1. The summed E-state index contributed by atoms with van der Waals surface area (Å²) in [5, 5.41) is 4.95. The second-order valence-corrected chi connectivity index (χ2v) is 3.99. The molecule has 1 aromatic rings. The van der Waals surface area contributed by atoms with Crippen molar-refractivity contribution < 1.29 is 19.6 Å². The summed E-state index contributed by atoms with van der Waals surface area (Å²) in [4.78, 5) is 20.6. The van der Waals surface area contributed by atoms with Gasteiger partial charge in [0.1, 0.15) is 5.75 Å². The maximum atomic E-state index is 10.6. The summed E-state index contributed by atoms with van der Waals surface area (Å²) in [7, 11) is 0. The maximum Gasteiger partial charge on any atom is 0.298 e. The molecule has 112 valence electrons. The fourth-order valence-corrected chi connectivity index (χ4v) is 1.60. The Hall–Kier alpha value is -1.59. The summed E-state index contributed by atoms with van der Waals surface area (Å²) in [6.07, 6.45) is 4.36. The zero-order valence-corrected chi connectivity index (χ0v) is 12.7. The third-order valence-electron chi connectivity index (χ3n) is 2.43. The van der Waals surface area contributed by atoms with Crippen LogP contribution in [0.15, 0.2) is 24.3 Å². The zero-order chi connectivity index (χ0) is 15.2. The van der Waals surface area contributed by atoms with Gasteiger partial charge in [-0.1, -0.05) is 0 Å². The molecule has 5 nitrogen and oxygen atoms in total. The lowest BCUT2D eigenvalue weighted by atomic mass is 10.3. The molecule has 1 aromatic carbocycles. The average molecular weight is 302 g/mol. The van der Waals surface area contributed by atoms with E-state index in [4.69, 9.17) is 0 Å². The van der Waals surface area contributed by atoms with Gasteiger partial charge in [0.15, 0.2) is 0 Å². The first-order valence-corrected chi connectivity index (χ1v) is 7.15. The van der Waals surface area contributed by atoms with Crippen molar-refractivity contribution in [3.05, 3.63) is 24.3 Å². The van der Waals surface area contributed by atoms with Crippen LogP contribution in [0.3, 0.4) is 0 Å². The smallest absolute Gasteiger partial charge is 0.298 e. The van der Waals surface area contributed by atoms with Gasteiger partial charge < -0.3 is 15.4 Å². The summed E-state index contributed by atoms with van der Waals surface area (Å²) in [6, 6.07) is 6.50. The van der Waals surface area contributed by atoms with Crippen LogP contribution >= 0.6 is 11.6 Å². The van der Waals surface area contributed by atoms with Crippen LogP contribution in [0.2, 0.25) is 0 Å². The molecule has 0 radical (unpaired) electrons. The zero-order valence-electron chi connectivity index (χ0n) is 11.9. The number of nitrogens with one attached hydrogen (secondary N) is 1. The Morgan fingerprint density at radius 2 is 1.80 bits per heavy atom. The van der Waals surface area contributed by atoms with Gasteiger partial charge in [-0.15, -0.1) is 11.6 Å². The van der Waals surface area contributed by atoms with Gasteiger partial charge in [0.05, 0.1) is 13.1 Å². The number of carbonyl (C=O) groups excluding carboxylic acids is 2. The van der Waals surface area contributed by atoms with E-state index in [0.717, 1.165) is 0 Å². The molecule has 1 aliphatic rings. The van der Waals surface area contributed by atoms with Crippen LogP contribution in [0.1, 0.15) is 19.8 Å². The first kappa shape index (κ1) is 18.4. The van der Waals surface area contributed by atoms with Crippen molar-refractivity contribution in [2.24, 2.45) is 0 Å². The number of rotatable bonds is 3. The lowest BCUT2D eigenvalue weighted by Crippen LogP contribution is -2.80. The number of benzene rings is 1. The SMILES string of the molecule is C1CC[NH2+]C1.CC(=O)Nc1ccc(OC=O)cc1.CCl. The van der Waals surface area contributed by atoms with E-state index in [-0.39, 0.29) is 5.91 Å². The van der Waals surface area contributed by atoms with Crippen molar-refractivity contribution in [3.63, 3.8) is 0 Å². The molecule has 0 aliphatic carbocycles. The van der Waals surface area contributed by atoms with Gasteiger partial charge in [-0.25, -0.2) is 0 Å². The van der Waals surface area contributed by atoms with Crippen LogP contribution in [0.25, 0.3) is 0 Å². The number of ether oxygens (including phenoxy) is 1. The minimum Gasteiger partial charge on any atom is -0.429 e. The summed E-state index contributed by atoms with van der Waals surface area (Å²) in [5.41, 5.74) is 0.672. The number of hydrogen-bond donors (Lipinski definition) is 2. The number of carbonyl (C=O) groups is 2. The van der Waals surface area contributed by atoms with Crippen molar-refractivity contribution in [2.45, 2.75) is 19.8 Å². The number of alkyl halides is 1. The molecule has 0 unspecified atom stereocenters. The van der Waals surface area contributed by atoms with Crippen molar-refractivity contribution >= 4 is 29.7 Å². The molecule has 3 N–H and O–H groups in total. The molecular formula is C14H22ClN2O3+. The maximum absolute atomic E-state index is 10.6. The van der Waals surface area contributed by atoms with E-state index in [0.29, 0.717) is 17.9 Å². The standard InChI is InChI=1S/C9H9NO3.C4H9N.CH3Cl/c1-7(12)10-8-2-4-9(5-3-8)13-6-11;1-2-4-5-3-1;1-2/h2-6H,1H3,(H,10,12);5H,1-4H2;1H3/p+1. The van der Waals surface area contributed by atoms with E-state index in [1.807, 2.05) is 0 Å². The molecule has 6 heteroatoms. The molecule has 2 rings (SSSR count). The molecule has 1 fully saturated rings. The molecule has 1 saturated heterocycles. The molecule has 0 aromatic heterocycles. The predicted octanol–water partition coefficient (Wildman–Crippen LogP) is 1.38. The van der Waals surface area contributed by atoms with Gasteiger partial charge in [-0.3, -0.25) is 9.59 Å². The highest BCUT2D eigenvalue weighted by atomic mass is 35.5. The third-order valence-corrected chi connectivity index (χ3v) is 2.43. The normalized spacial score (nSPS) is 12.2. The first-order chi connectivity index (χ1) is 9.72. The van der Waals surface area contributed by atoms with E-state index in [1.54, 1.807) is 24.3 Å². The molecule has 0 saturated carbocycles. The van der Waals surface area contributed by atoms with Crippen LogP contribution in [0.4, 0.5) is 5.69 Å². The summed E-state index contributed by atoms with van der Waals surface area (Å²) in [6.45, 7) is 4.53. The first-order valence-electron chi connectivity index (χ1n) is 6.40. The topological polar surface area (TPSA) is 72.0 Å². The molecule has 20 heavy (non-hydrogen) atoms. The second-order valence-electron chi connectivity index (χ2n) is 3.99. The number of quaternary nitrogens is 1. The van der Waals surface area contributed by atoms with Crippen LogP contribution in [0.5, 0.6) is 5.75 Å². The van der Waals surface area contributed by atoms with Crippen molar-refractivity contribution in [3.8, 4) is 5.75 Å². The Labute approximate surface area is 124 Å². The Morgan fingerprint density at radius 1 is 1.25 bits per heavy atom. The van der Waals surface area contributed by atoms with Crippen molar-refractivity contribution in [1.82, 2.24) is 0 Å². The van der Waals surface area contributed by atoms with Crippen LogP contribution in [-0.2, 0) is 9.59 Å². The Kier molecular flexibility index (Phi) is 11.5. The number of amides is 1. The highest BCUT2D eigenvalue weighted by Gasteiger charge is 1.98. The fraction of sp³-hybridized carbons (Fsp3) is 0.429. The second kappa shape index (κ2) is 12.4. The van der Waals surface area contributed by atoms with E-state index < -0.39 is 0 Å². The largest absolute Gasteiger partial charge is 0.429 e. The minimum absolute atomic E-state index is 0.135. The minimum atomic E-state index is -0.135. The van der Waals surface area contributed by atoms with E-state index >= 15 is 0 Å². The Balaban J connectivity index is 0.000000427. The molecule has 0 atom stereocenters. The molecule has 0 spiro atoms. The van der Waals surface area contributed by atoms with Crippen molar-refractivity contribution in [2.75, 3.05) is 24.8 Å². The Morgan fingerprint density at radius 3 is 2.15 bits per heavy atom. The van der Waals surface area contributed by atoms with E-state index in [1.165, 1.54) is 39.2 Å². The van der Waals surface area contributed by atoms with Crippen LogP contribution in [-0.4, -0.2) is 31.9 Å². The Bertz CT molecular complexity index is 371. The number of nitrogens with two attached hydrogens (primary N) is 1. The van der Waals surface area contributed by atoms with Gasteiger partial charge >= 0.3 is 0 Å². The van der Waals surface area contributed by atoms with Crippen LogP contribution in [0, 0.1) is 0 Å². The predicted molar refractivity (Wildman–Crippen MR) is 80.1 cm³/mol. The van der Waals surface area contributed by atoms with Crippen LogP contribution < -0.4 is 15.4 Å². The number of halogens is 1. The fourth-order valence-electron chi connectivity index (χ4n) is 1.60. The van der Waals surface area contributed by atoms with Gasteiger partial charge in [0.25, 0.3) is 6.47 Å². The highest BCUT2D eigenvalue weighted by Crippen LogP contribution is 2.14. The average Bonchev–Trinajstić information content (AvgIpc) is 3.02. The van der Waals surface area contributed by atoms with Gasteiger partial charge in [0, 0.05) is 31.8 Å². The van der Waals surface area contributed by atoms with Crippen molar-refractivity contribution in [1.29, 1.82) is 0 Å². The molecular weight excluding hydrogens is 280 g/mol. The number of hydrogen-bond acceptors (Lipinski definition) is 3. The van der Waals surface area contributed by atoms with E-state index in [9.17, 15) is 9.59 Å². The quantitative estimate of drug-likeness (QED) is 0.654. The summed E-state index contributed by atoms with van der Waals surface area (Å²) < 4.78 is 4.57. The van der Waals surface area contributed by atoms with Gasteiger partial charge in [-0.05, 0) is 24.3 Å². The molecule has 1 amide bonds. The lowest BCUT2D eigenvalue weighted by molar-refractivity contribution is -0.635. The third kappa shape index (κ3) is 9.35. The van der Waals surface area contributed by atoms with Gasteiger partial charge in [-0.2, -0.15) is 0 Å². The summed E-state index contributed by atoms with van der Waals surface area (Å²) >= 11 is 4.64. The molecule has 1 aliphatic heterocycles. The highest BCUT2D eigenvalue weighted by molar-refractivity contribution is 6.15. The lowest BCUT2D eigenvalue weighted by Gasteiger charge is -2.02. The molecule has 0 bridgehead atoms. The summed E-state index contributed by atoms with van der Waals surface area (Å²) in [5.74, 6) is 0.313. The monoisotopic (exact) mass is 301 g/mol.